The molecule has 0 heterocycles. The van der Waals surface area contributed by atoms with Crippen LogP contribution in [0.1, 0.15) is 11.1 Å². The number of ether oxygens (including phenoxy) is 3. The largest absolute Gasteiger partial charge is 0.493 e. The third kappa shape index (κ3) is 5.90. The van der Waals surface area contributed by atoms with E-state index in [2.05, 4.69) is 5.32 Å². The van der Waals surface area contributed by atoms with Crippen molar-refractivity contribution in [2.24, 2.45) is 0 Å². The molecule has 0 aliphatic rings. The molecule has 0 saturated heterocycles. The monoisotopic (exact) mass is 397 g/mol. The van der Waals surface area contributed by atoms with E-state index in [0.29, 0.717) is 17.1 Å². The maximum absolute atomic E-state index is 12.7. The number of hydrogen-bond acceptors (Lipinski definition) is 5. The van der Waals surface area contributed by atoms with Crippen LogP contribution in [0, 0.1) is 0 Å². The molecule has 0 aromatic heterocycles. The number of rotatable bonds is 7. The lowest BCUT2D eigenvalue weighted by atomic mass is 10.1. The van der Waals surface area contributed by atoms with Crippen LogP contribution in [0.4, 0.5) is 18.9 Å². The molecule has 2 rings (SSSR count). The first-order valence-electron chi connectivity index (χ1n) is 8.06. The molecule has 1 amide bonds. The molecule has 28 heavy (non-hydrogen) atoms. The van der Waals surface area contributed by atoms with Crippen molar-refractivity contribution in [2.75, 3.05) is 26.1 Å². The third-order valence-electron chi connectivity index (χ3n) is 3.63. The summed E-state index contributed by atoms with van der Waals surface area (Å²) in [5.74, 6) is -0.485. The molecule has 0 bridgehead atoms. The number of hydrogen-bond donors (Lipinski definition) is 1. The molecule has 1 N–H and O–H groups in total. The Bertz CT molecular complexity index is 852. The molecule has 0 radical (unpaired) electrons. The first-order chi connectivity index (χ1) is 13.2. The van der Waals surface area contributed by atoms with E-state index in [4.69, 9.17) is 14.2 Å². The molecule has 150 valence electrons. The molecule has 0 spiro atoms. The lowest BCUT2D eigenvalue weighted by molar-refractivity contribution is -0.146. The molecule has 9 heteroatoms. The maximum Gasteiger partial charge on any atom is 0.416 e. The molecular formula is C19H18F3NO5. The van der Waals surface area contributed by atoms with Gasteiger partial charge in [-0.1, -0.05) is 12.1 Å². The Morgan fingerprint density at radius 1 is 1.00 bits per heavy atom. The van der Waals surface area contributed by atoms with E-state index < -0.39 is 30.2 Å². The van der Waals surface area contributed by atoms with Crippen LogP contribution < -0.4 is 14.8 Å². The summed E-state index contributed by atoms with van der Waals surface area (Å²) in [5, 5.41) is 2.25. The molecule has 0 saturated carbocycles. The summed E-state index contributed by atoms with van der Waals surface area (Å²) in [7, 11) is 2.94. The lowest BCUT2D eigenvalue weighted by Crippen LogP contribution is -2.22. The highest BCUT2D eigenvalue weighted by atomic mass is 19.4. The number of carbonyl (C=O) groups excluding carboxylic acids is 2. The van der Waals surface area contributed by atoms with E-state index in [1.54, 1.807) is 18.2 Å². The van der Waals surface area contributed by atoms with Crippen LogP contribution in [0.25, 0.3) is 0 Å². The van der Waals surface area contributed by atoms with Crippen molar-refractivity contribution in [3.63, 3.8) is 0 Å². The van der Waals surface area contributed by atoms with Gasteiger partial charge in [-0.3, -0.25) is 9.59 Å². The van der Waals surface area contributed by atoms with Crippen LogP contribution in [0.3, 0.4) is 0 Å². The van der Waals surface area contributed by atoms with Crippen LogP contribution in [-0.2, 0) is 26.9 Å². The van der Waals surface area contributed by atoms with Crippen LogP contribution in [0.5, 0.6) is 11.5 Å². The Kier molecular flexibility index (Phi) is 6.86. The second kappa shape index (κ2) is 9.12. The van der Waals surface area contributed by atoms with Crippen LogP contribution >= 0.6 is 0 Å². The first-order valence-corrected chi connectivity index (χ1v) is 8.06. The van der Waals surface area contributed by atoms with Gasteiger partial charge in [0.1, 0.15) is 0 Å². The summed E-state index contributed by atoms with van der Waals surface area (Å²) in [6.45, 7) is -0.623. The molecule has 6 nitrogen and oxygen atoms in total. The van der Waals surface area contributed by atoms with Gasteiger partial charge in [0.25, 0.3) is 5.91 Å². The molecule has 0 aliphatic heterocycles. The van der Waals surface area contributed by atoms with Gasteiger partial charge >= 0.3 is 12.1 Å². The summed E-state index contributed by atoms with van der Waals surface area (Å²) in [4.78, 5) is 23.7. The SMILES string of the molecule is COc1ccc(CC(=O)OCC(=O)Nc2cccc(C(F)(F)F)c2)cc1OC. The predicted octanol–water partition coefficient (Wildman–Crippen LogP) is 3.45. The van der Waals surface area contributed by atoms with Gasteiger partial charge in [-0.05, 0) is 35.9 Å². The van der Waals surface area contributed by atoms with Crippen molar-refractivity contribution in [2.45, 2.75) is 12.6 Å². The smallest absolute Gasteiger partial charge is 0.416 e. The van der Waals surface area contributed by atoms with Crippen molar-refractivity contribution in [3.8, 4) is 11.5 Å². The van der Waals surface area contributed by atoms with Gasteiger partial charge in [0.05, 0.1) is 26.2 Å². The van der Waals surface area contributed by atoms with E-state index >= 15 is 0 Å². The van der Waals surface area contributed by atoms with Gasteiger partial charge < -0.3 is 19.5 Å². The Labute approximate surface area is 159 Å². The number of alkyl halides is 3. The number of benzene rings is 2. The van der Waals surface area contributed by atoms with Gasteiger partial charge in [0.15, 0.2) is 18.1 Å². The number of halogens is 3. The van der Waals surface area contributed by atoms with E-state index in [0.717, 1.165) is 12.1 Å². The van der Waals surface area contributed by atoms with Gasteiger partial charge in [0.2, 0.25) is 0 Å². The average Bonchev–Trinajstić information content (AvgIpc) is 2.66. The van der Waals surface area contributed by atoms with Crippen LogP contribution in [0.15, 0.2) is 42.5 Å². The number of anilines is 1. The zero-order valence-electron chi connectivity index (χ0n) is 15.1. The molecule has 0 fully saturated rings. The zero-order chi connectivity index (χ0) is 20.7. The fraction of sp³-hybridized carbons (Fsp3) is 0.263. The summed E-state index contributed by atoms with van der Waals surface area (Å²) in [6, 6.07) is 9.03. The molecule has 0 unspecified atom stereocenters. The summed E-state index contributed by atoms with van der Waals surface area (Å²) in [6.07, 6.45) is -4.64. The minimum Gasteiger partial charge on any atom is -0.493 e. The fourth-order valence-corrected chi connectivity index (χ4v) is 2.32. The van der Waals surface area contributed by atoms with Gasteiger partial charge in [-0.2, -0.15) is 13.2 Å². The number of esters is 1. The van der Waals surface area contributed by atoms with Gasteiger partial charge in [-0.25, -0.2) is 0 Å². The summed E-state index contributed by atoms with van der Waals surface area (Å²) in [5.41, 5.74) is -0.354. The highest BCUT2D eigenvalue weighted by Gasteiger charge is 2.30. The Balaban J connectivity index is 1.88. The van der Waals surface area contributed by atoms with E-state index in [1.165, 1.54) is 26.4 Å². The zero-order valence-corrected chi connectivity index (χ0v) is 15.1. The fourth-order valence-electron chi connectivity index (χ4n) is 2.32. The number of methoxy groups -OCH3 is 2. The summed E-state index contributed by atoms with van der Waals surface area (Å²) >= 11 is 0. The van der Waals surface area contributed by atoms with Crippen LogP contribution in [-0.4, -0.2) is 32.7 Å². The van der Waals surface area contributed by atoms with E-state index in [1.807, 2.05) is 0 Å². The minimum absolute atomic E-state index is 0.0456. The average molecular weight is 397 g/mol. The second-order valence-corrected chi connectivity index (χ2v) is 5.65. The van der Waals surface area contributed by atoms with E-state index in [-0.39, 0.29) is 12.1 Å². The Morgan fingerprint density at radius 2 is 1.71 bits per heavy atom. The van der Waals surface area contributed by atoms with Crippen molar-refractivity contribution < 1.29 is 37.0 Å². The molecule has 2 aromatic rings. The van der Waals surface area contributed by atoms with Crippen molar-refractivity contribution in [1.82, 2.24) is 0 Å². The topological polar surface area (TPSA) is 73.9 Å². The number of carbonyl (C=O) groups is 2. The quantitative estimate of drug-likeness (QED) is 0.725. The van der Waals surface area contributed by atoms with Crippen LogP contribution in [0.2, 0.25) is 0 Å². The van der Waals surface area contributed by atoms with Crippen molar-refractivity contribution >= 4 is 17.6 Å². The van der Waals surface area contributed by atoms with Crippen molar-refractivity contribution in [1.29, 1.82) is 0 Å². The Morgan fingerprint density at radius 3 is 2.36 bits per heavy atom. The molecule has 0 atom stereocenters. The minimum atomic E-state index is -4.52. The molecule has 2 aromatic carbocycles. The third-order valence-corrected chi connectivity index (χ3v) is 3.63. The van der Waals surface area contributed by atoms with Crippen molar-refractivity contribution in [3.05, 3.63) is 53.6 Å². The summed E-state index contributed by atoms with van der Waals surface area (Å²) < 4.78 is 53.1. The number of amides is 1. The maximum atomic E-state index is 12.7. The standard InChI is InChI=1S/C19H18F3NO5/c1-26-15-7-6-12(8-16(15)27-2)9-18(25)28-11-17(24)23-14-5-3-4-13(10-14)19(20,21)22/h3-8,10H,9,11H2,1-2H3,(H,23,24). The van der Waals surface area contributed by atoms with E-state index in [9.17, 15) is 22.8 Å². The Hall–Kier alpha value is -3.23. The normalized spacial score (nSPS) is 10.9. The van der Waals surface area contributed by atoms with Gasteiger partial charge in [-0.15, -0.1) is 0 Å². The first kappa shape index (κ1) is 21.1. The van der Waals surface area contributed by atoms with Gasteiger partial charge in [0, 0.05) is 5.69 Å². The molecular weight excluding hydrogens is 379 g/mol. The number of nitrogens with one attached hydrogen (secondary N) is 1. The second-order valence-electron chi connectivity index (χ2n) is 5.65. The predicted molar refractivity (Wildman–Crippen MR) is 94.3 cm³/mol. The lowest BCUT2D eigenvalue weighted by Gasteiger charge is -2.11. The highest BCUT2D eigenvalue weighted by Crippen LogP contribution is 2.30. The highest BCUT2D eigenvalue weighted by molar-refractivity contribution is 5.93. The molecule has 0 aliphatic carbocycles.